The van der Waals surface area contributed by atoms with Crippen LogP contribution in [0.2, 0.25) is 5.02 Å². The van der Waals surface area contributed by atoms with Gasteiger partial charge in [-0.15, -0.1) is 0 Å². The summed E-state index contributed by atoms with van der Waals surface area (Å²) in [7, 11) is 0. The van der Waals surface area contributed by atoms with Gasteiger partial charge in [0.25, 0.3) is 5.91 Å². The van der Waals surface area contributed by atoms with Gasteiger partial charge in [0.1, 0.15) is 11.5 Å². The quantitative estimate of drug-likeness (QED) is 0.761. The molecule has 0 saturated carbocycles. The Kier molecular flexibility index (Phi) is 6.28. The Morgan fingerprint density at radius 3 is 2.88 bits per heavy atom. The number of nitriles is 1. The first-order valence-corrected chi connectivity index (χ1v) is 8.00. The molecule has 0 saturated heterocycles. The minimum absolute atomic E-state index is 0.198. The van der Waals surface area contributed by atoms with Gasteiger partial charge in [-0.2, -0.15) is 5.26 Å². The van der Waals surface area contributed by atoms with Crippen LogP contribution in [0.5, 0.6) is 5.75 Å². The monoisotopic (exact) mass is 346 g/mol. The van der Waals surface area contributed by atoms with Crippen LogP contribution in [0.4, 0.5) is 0 Å². The van der Waals surface area contributed by atoms with Crippen molar-refractivity contribution in [3.8, 4) is 11.8 Å². The highest BCUT2D eigenvalue weighted by Gasteiger charge is 2.23. The summed E-state index contributed by atoms with van der Waals surface area (Å²) in [4.78, 5) is 14.2. The number of rotatable bonds is 7. The minimum atomic E-state index is -0.682. The Bertz CT molecular complexity index is 722. The molecule has 0 spiro atoms. The van der Waals surface area contributed by atoms with E-state index < -0.39 is 6.10 Å². The lowest BCUT2D eigenvalue weighted by Crippen LogP contribution is -2.40. The summed E-state index contributed by atoms with van der Waals surface area (Å²) >= 11 is 5.93. The maximum Gasteiger partial charge on any atom is 0.263 e. The van der Waals surface area contributed by atoms with Crippen molar-refractivity contribution in [1.29, 1.82) is 5.26 Å². The zero-order valence-electron chi connectivity index (χ0n) is 13.7. The Morgan fingerprint density at radius 1 is 1.46 bits per heavy atom. The van der Waals surface area contributed by atoms with Crippen LogP contribution in [0.3, 0.4) is 0 Å². The molecule has 1 unspecified atom stereocenters. The zero-order valence-corrected chi connectivity index (χ0v) is 14.4. The summed E-state index contributed by atoms with van der Waals surface area (Å²) in [5, 5.41) is 9.42. The lowest BCUT2D eigenvalue weighted by molar-refractivity contribution is -0.138. The van der Waals surface area contributed by atoms with Crippen LogP contribution in [0.1, 0.15) is 24.7 Å². The van der Waals surface area contributed by atoms with E-state index >= 15 is 0 Å². The van der Waals surface area contributed by atoms with E-state index in [1.807, 2.05) is 6.92 Å². The minimum Gasteiger partial charge on any atom is -0.481 e. The van der Waals surface area contributed by atoms with Gasteiger partial charge in [-0.1, -0.05) is 11.6 Å². The van der Waals surface area contributed by atoms with Crippen LogP contribution in [-0.2, 0) is 11.3 Å². The molecule has 1 atom stereocenters. The van der Waals surface area contributed by atoms with Crippen LogP contribution < -0.4 is 4.74 Å². The molecule has 1 heterocycles. The number of benzene rings is 1. The predicted octanol–water partition coefficient (Wildman–Crippen LogP) is 3.95. The zero-order chi connectivity index (χ0) is 17.5. The van der Waals surface area contributed by atoms with E-state index in [1.165, 1.54) is 0 Å². The fraction of sp³-hybridized carbons (Fsp3) is 0.333. The molecule has 6 heteroatoms. The molecule has 126 valence electrons. The first kappa shape index (κ1) is 17.9. The average molecular weight is 347 g/mol. The first-order chi connectivity index (χ1) is 11.5. The van der Waals surface area contributed by atoms with Gasteiger partial charge in [0, 0.05) is 11.6 Å². The van der Waals surface area contributed by atoms with E-state index in [4.69, 9.17) is 26.0 Å². The lowest BCUT2D eigenvalue weighted by atomic mass is 10.2. The molecule has 0 fully saturated rings. The molecule has 2 rings (SSSR count). The first-order valence-electron chi connectivity index (χ1n) is 7.62. The highest BCUT2D eigenvalue weighted by Crippen LogP contribution is 2.23. The van der Waals surface area contributed by atoms with E-state index in [1.54, 1.807) is 48.4 Å². The molecular formula is C18H19ClN2O3. The third kappa shape index (κ3) is 4.77. The van der Waals surface area contributed by atoms with Crippen molar-refractivity contribution >= 4 is 17.5 Å². The van der Waals surface area contributed by atoms with Gasteiger partial charge in [0.2, 0.25) is 0 Å². The number of nitrogens with zero attached hydrogens (tertiary/aromatic N) is 2. The third-order valence-electron chi connectivity index (χ3n) is 3.52. The second kappa shape index (κ2) is 8.42. The summed E-state index contributed by atoms with van der Waals surface area (Å²) in [6.07, 6.45) is 1.12. The van der Waals surface area contributed by atoms with Crippen molar-refractivity contribution in [2.45, 2.75) is 32.9 Å². The van der Waals surface area contributed by atoms with Crippen LogP contribution >= 0.6 is 11.6 Å². The predicted molar refractivity (Wildman–Crippen MR) is 90.6 cm³/mol. The van der Waals surface area contributed by atoms with Gasteiger partial charge in [0.15, 0.2) is 6.10 Å². The van der Waals surface area contributed by atoms with Gasteiger partial charge >= 0.3 is 0 Å². The Morgan fingerprint density at radius 2 is 2.25 bits per heavy atom. The van der Waals surface area contributed by atoms with E-state index in [0.717, 1.165) is 5.56 Å². The van der Waals surface area contributed by atoms with Crippen molar-refractivity contribution in [2.75, 3.05) is 6.54 Å². The molecule has 1 aromatic heterocycles. The molecule has 0 N–H and O–H groups in total. The second-order valence-electron chi connectivity index (χ2n) is 5.42. The largest absolute Gasteiger partial charge is 0.481 e. The lowest BCUT2D eigenvalue weighted by Gasteiger charge is -2.25. The molecule has 0 aliphatic rings. The van der Waals surface area contributed by atoms with Crippen LogP contribution in [-0.4, -0.2) is 23.5 Å². The van der Waals surface area contributed by atoms with Crippen molar-refractivity contribution in [3.05, 3.63) is 52.9 Å². The molecule has 0 bridgehead atoms. The molecular weight excluding hydrogens is 328 g/mol. The third-order valence-corrected chi connectivity index (χ3v) is 3.76. The normalized spacial score (nSPS) is 11.6. The number of carbonyl (C=O) groups is 1. The van der Waals surface area contributed by atoms with E-state index in [0.29, 0.717) is 29.6 Å². The second-order valence-corrected chi connectivity index (χ2v) is 5.85. The van der Waals surface area contributed by atoms with Crippen LogP contribution in [0.15, 0.2) is 41.0 Å². The summed E-state index contributed by atoms with van der Waals surface area (Å²) in [5.41, 5.74) is 0.858. The van der Waals surface area contributed by atoms with Crippen molar-refractivity contribution in [1.82, 2.24) is 4.90 Å². The Labute approximate surface area is 146 Å². The van der Waals surface area contributed by atoms with Gasteiger partial charge in [-0.05, 0) is 49.7 Å². The summed E-state index contributed by atoms with van der Waals surface area (Å²) in [5.74, 6) is 1.07. The number of furan rings is 1. The highest BCUT2D eigenvalue weighted by atomic mass is 35.5. The fourth-order valence-electron chi connectivity index (χ4n) is 2.29. The Balaban J connectivity index is 2.07. The Hall–Kier alpha value is -2.45. The number of aryl methyl sites for hydroxylation is 1. The molecule has 5 nitrogen and oxygen atoms in total. The smallest absolute Gasteiger partial charge is 0.263 e. The van der Waals surface area contributed by atoms with Crippen molar-refractivity contribution in [3.63, 3.8) is 0 Å². The summed E-state index contributed by atoms with van der Waals surface area (Å²) in [6.45, 7) is 4.19. The molecule has 1 amide bonds. The van der Waals surface area contributed by atoms with Crippen LogP contribution in [0.25, 0.3) is 0 Å². The van der Waals surface area contributed by atoms with Gasteiger partial charge < -0.3 is 14.1 Å². The molecule has 0 aliphatic carbocycles. The van der Waals surface area contributed by atoms with Gasteiger partial charge in [0.05, 0.1) is 25.3 Å². The van der Waals surface area contributed by atoms with Crippen molar-refractivity contribution < 1.29 is 13.9 Å². The molecule has 0 radical (unpaired) electrons. The maximum absolute atomic E-state index is 12.7. The number of ether oxygens (including phenoxy) is 1. The van der Waals surface area contributed by atoms with Crippen molar-refractivity contribution in [2.24, 2.45) is 0 Å². The number of amides is 1. The molecule has 2 aromatic rings. The van der Waals surface area contributed by atoms with E-state index in [-0.39, 0.29) is 12.3 Å². The van der Waals surface area contributed by atoms with E-state index in [9.17, 15) is 4.79 Å². The molecule has 1 aromatic carbocycles. The van der Waals surface area contributed by atoms with E-state index in [2.05, 4.69) is 6.07 Å². The molecule has 0 aliphatic heterocycles. The number of hydrogen-bond donors (Lipinski definition) is 0. The molecule has 24 heavy (non-hydrogen) atoms. The maximum atomic E-state index is 12.7. The number of hydrogen-bond acceptors (Lipinski definition) is 4. The van der Waals surface area contributed by atoms with Gasteiger partial charge in [-0.3, -0.25) is 4.79 Å². The van der Waals surface area contributed by atoms with Crippen LogP contribution in [0, 0.1) is 18.3 Å². The summed E-state index contributed by atoms with van der Waals surface area (Å²) < 4.78 is 11.1. The SMILES string of the molecule is Cc1cc(Cl)ccc1OC(C)C(=O)N(CCC#N)Cc1ccco1. The highest BCUT2D eigenvalue weighted by molar-refractivity contribution is 6.30. The number of carbonyl (C=O) groups excluding carboxylic acids is 1. The number of halogens is 1. The summed E-state index contributed by atoms with van der Waals surface area (Å²) in [6, 6.07) is 10.9. The topological polar surface area (TPSA) is 66.5 Å². The average Bonchev–Trinajstić information content (AvgIpc) is 3.06. The van der Waals surface area contributed by atoms with Gasteiger partial charge in [-0.25, -0.2) is 0 Å². The standard InChI is InChI=1S/C18H19ClN2O3/c1-13-11-15(19)6-7-17(13)24-14(2)18(22)21(9-4-8-20)12-16-5-3-10-23-16/h3,5-7,10-11,14H,4,9,12H2,1-2H3. The fourth-order valence-corrected chi connectivity index (χ4v) is 2.51.